The number of methoxy groups -OCH3 is 1. The van der Waals surface area contributed by atoms with Crippen LogP contribution >= 0.6 is 0 Å². The molecule has 1 aliphatic carbocycles. The molecule has 0 spiro atoms. The largest absolute Gasteiger partial charge is 0.381 e. The minimum absolute atomic E-state index is 0.0935. The third-order valence-electron chi connectivity index (χ3n) is 5.71. The highest BCUT2D eigenvalue weighted by atomic mass is 16.5. The van der Waals surface area contributed by atoms with Crippen molar-refractivity contribution in [3.8, 4) is 0 Å². The lowest BCUT2D eigenvalue weighted by molar-refractivity contribution is -0.123. The molecule has 0 radical (unpaired) electrons. The minimum atomic E-state index is -0.541. The Morgan fingerprint density at radius 1 is 1.15 bits per heavy atom. The van der Waals surface area contributed by atoms with Crippen molar-refractivity contribution >= 4 is 28.3 Å². The van der Waals surface area contributed by atoms with E-state index < -0.39 is 6.04 Å². The number of carbonyl (C=O) groups excluding carboxylic acids is 2. The molecule has 2 aromatic rings. The van der Waals surface area contributed by atoms with Crippen LogP contribution in [0.5, 0.6) is 0 Å². The molecule has 0 bridgehead atoms. The fraction of sp³-hybridized carbons (Fsp3) is 0.429. The summed E-state index contributed by atoms with van der Waals surface area (Å²) in [5.74, 6) is -0.188. The van der Waals surface area contributed by atoms with Gasteiger partial charge in [-0.3, -0.25) is 14.5 Å². The van der Waals surface area contributed by atoms with Crippen LogP contribution in [0, 0.1) is 0 Å². The highest BCUT2D eigenvalue weighted by molar-refractivity contribution is 6.26. The van der Waals surface area contributed by atoms with Gasteiger partial charge in [0.05, 0.1) is 11.8 Å². The van der Waals surface area contributed by atoms with Gasteiger partial charge in [-0.2, -0.15) is 0 Å². The molecule has 1 N–H and O–H groups in total. The first-order valence-electron chi connectivity index (χ1n) is 9.28. The molecule has 5 heteroatoms. The van der Waals surface area contributed by atoms with Gasteiger partial charge in [-0.1, -0.05) is 24.3 Å². The third-order valence-corrected chi connectivity index (χ3v) is 5.71. The molecule has 26 heavy (non-hydrogen) atoms. The number of benzene rings is 2. The lowest BCUT2D eigenvalue weighted by Gasteiger charge is -2.31. The smallest absolute Gasteiger partial charge is 0.259 e. The Hall–Kier alpha value is -2.40. The topological polar surface area (TPSA) is 58.6 Å². The third kappa shape index (κ3) is 2.76. The van der Waals surface area contributed by atoms with Gasteiger partial charge in [0.25, 0.3) is 5.91 Å². The minimum Gasteiger partial charge on any atom is -0.381 e. The van der Waals surface area contributed by atoms with E-state index in [2.05, 4.69) is 5.32 Å². The quantitative estimate of drug-likeness (QED) is 0.919. The maximum absolute atomic E-state index is 12.9. The van der Waals surface area contributed by atoms with Gasteiger partial charge in [0.2, 0.25) is 5.91 Å². The van der Waals surface area contributed by atoms with E-state index in [1.807, 2.05) is 36.4 Å². The molecule has 1 atom stereocenters. The van der Waals surface area contributed by atoms with Crippen LogP contribution < -0.4 is 10.2 Å². The second kappa shape index (κ2) is 6.72. The molecular formula is C21H24N2O3. The fourth-order valence-corrected chi connectivity index (χ4v) is 4.21. The van der Waals surface area contributed by atoms with Crippen LogP contribution in [0.1, 0.15) is 43.0 Å². The van der Waals surface area contributed by atoms with Crippen LogP contribution in [-0.4, -0.2) is 37.1 Å². The Kier molecular flexibility index (Phi) is 4.41. The summed E-state index contributed by atoms with van der Waals surface area (Å²) < 4.78 is 5.39. The van der Waals surface area contributed by atoms with E-state index in [1.54, 1.807) is 18.9 Å². The van der Waals surface area contributed by atoms with Gasteiger partial charge in [0.15, 0.2) is 0 Å². The van der Waals surface area contributed by atoms with Gasteiger partial charge in [0.1, 0.15) is 6.04 Å². The number of hydrogen-bond acceptors (Lipinski definition) is 3. The lowest BCUT2D eigenvalue weighted by atomic mass is 9.93. The van der Waals surface area contributed by atoms with Gasteiger partial charge >= 0.3 is 0 Å². The van der Waals surface area contributed by atoms with Crippen LogP contribution in [0.2, 0.25) is 0 Å². The van der Waals surface area contributed by atoms with E-state index in [9.17, 15) is 9.59 Å². The molecule has 1 unspecified atom stereocenters. The highest BCUT2D eigenvalue weighted by Crippen LogP contribution is 2.38. The number of ether oxygens (including phenoxy) is 1. The molecule has 1 heterocycles. The van der Waals surface area contributed by atoms with Crippen LogP contribution in [0.15, 0.2) is 36.4 Å². The molecule has 1 saturated carbocycles. The molecular weight excluding hydrogens is 328 g/mol. The summed E-state index contributed by atoms with van der Waals surface area (Å²) in [5.41, 5.74) is 1.51. The Labute approximate surface area is 153 Å². The maximum Gasteiger partial charge on any atom is 0.259 e. The number of carbonyl (C=O) groups is 2. The van der Waals surface area contributed by atoms with Crippen LogP contribution in [0.4, 0.5) is 5.69 Å². The predicted molar refractivity (Wildman–Crippen MR) is 101 cm³/mol. The number of anilines is 1. The van der Waals surface area contributed by atoms with E-state index in [0.29, 0.717) is 11.7 Å². The summed E-state index contributed by atoms with van der Waals surface area (Å²) in [6, 6.07) is 11.2. The zero-order valence-corrected chi connectivity index (χ0v) is 15.2. The number of amides is 2. The van der Waals surface area contributed by atoms with Crippen molar-refractivity contribution in [2.45, 2.75) is 50.8 Å². The van der Waals surface area contributed by atoms with Crippen molar-refractivity contribution in [1.82, 2.24) is 5.32 Å². The first-order valence-corrected chi connectivity index (χ1v) is 9.28. The molecule has 1 aliphatic heterocycles. The second-order valence-electron chi connectivity index (χ2n) is 7.25. The van der Waals surface area contributed by atoms with Gasteiger partial charge in [0, 0.05) is 24.1 Å². The molecule has 5 nitrogen and oxygen atoms in total. The first kappa shape index (κ1) is 17.0. The molecule has 2 aromatic carbocycles. The van der Waals surface area contributed by atoms with Gasteiger partial charge < -0.3 is 10.1 Å². The average molecular weight is 352 g/mol. The van der Waals surface area contributed by atoms with Gasteiger partial charge in [-0.05, 0) is 50.1 Å². The average Bonchev–Trinajstić information content (AvgIpc) is 2.96. The lowest BCUT2D eigenvalue weighted by Crippen LogP contribution is -2.50. The SMILES string of the molecule is COC1CCC(NC(=O)C(C)N2C(=O)c3cccc4cccc2c34)CC1. The van der Waals surface area contributed by atoms with E-state index in [-0.39, 0.29) is 17.9 Å². The van der Waals surface area contributed by atoms with Gasteiger partial charge in [-0.25, -0.2) is 0 Å². The first-order chi connectivity index (χ1) is 12.6. The van der Waals surface area contributed by atoms with Crippen LogP contribution in [0.3, 0.4) is 0 Å². The Morgan fingerprint density at radius 3 is 2.54 bits per heavy atom. The number of nitrogens with one attached hydrogen (secondary N) is 1. The summed E-state index contributed by atoms with van der Waals surface area (Å²) in [5, 5.41) is 5.10. The molecule has 0 saturated heterocycles. The zero-order chi connectivity index (χ0) is 18.3. The molecule has 0 aromatic heterocycles. The van der Waals surface area contributed by atoms with Crippen molar-refractivity contribution < 1.29 is 14.3 Å². The molecule has 1 fully saturated rings. The Morgan fingerprint density at radius 2 is 1.85 bits per heavy atom. The van der Waals surface area contributed by atoms with Gasteiger partial charge in [-0.15, -0.1) is 0 Å². The second-order valence-corrected chi connectivity index (χ2v) is 7.25. The van der Waals surface area contributed by atoms with E-state index in [0.717, 1.165) is 42.1 Å². The van der Waals surface area contributed by atoms with Crippen LogP contribution in [-0.2, 0) is 9.53 Å². The summed E-state index contributed by atoms with van der Waals surface area (Å²) in [6.45, 7) is 1.80. The number of rotatable bonds is 4. The molecule has 136 valence electrons. The van der Waals surface area contributed by atoms with Crippen LogP contribution in [0.25, 0.3) is 10.8 Å². The van der Waals surface area contributed by atoms with Crippen molar-refractivity contribution in [3.05, 3.63) is 42.0 Å². The molecule has 4 rings (SSSR count). The van der Waals surface area contributed by atoms with E-state index in [4.69, 9.17) is 4.74 Å². The Balaban J connectivity index is 1.52. The standard InChI is InChI=1S/C21H24N2O3/c1-13(20(24)22-15-9-11-16(26-2)12-10-15)23-18-8-4-6-14-5-3-7-17(19(14)18)21(23)25/h3-8,13,15-16H,9-12H2,1-2H3,(H,22,24). The summed E-state index contributed by atoms with van der Waals surface area (Å²) >= 11 is 0. The summed E-state index contributed by atoms with van der Waals surface area (Å²) in [6.07, 6.45) is 4.06. The number of hydrogen-bond donors (Lipinski definition) is 1. The van der Waals surface area contributed by atoms with E-state index >= 15 is 0 Å². The van der Waals surface area contributed by atoms with Crippen molar-refractivity contribution in [3.63, 3.8) is 0 Å². The molecule has 2 aliphatic rings. The summed E-state index contributed by atoms with van der Waals surface area (Å²) in [4.78, 5) is 27.4. The van der Waals surface area contributed by atoms with E-state index in [1.165, 1.54) is 0 Å². The normalized spacial score (nSPS) is 23.3. The maximum atomic E-state index is 12.9. The fourth-order valence-electron chi connectivity index (χ4n) is 4.21. The van der Waals surface area contributed by atoms with Crippen molar-refractivity contribution in [2.24, 2.45) is 0 Å². The van der Waals surface area contributed by atoms with Crippen molar-refractivity contribution in [2.75, 3.05) is 12.0 Å². The van der Waals surface area contributed by atoms with Crippen molar-refractivity contribution in [1.29, 1.82) is 0 Å². The predicted octanol–water partition coefficient (Wildman–Crippen LogP) is 3.26. The summed E-state index contributed by atoms with van der Waals surface area (Å²) in [7, 11) is 1.74. The monoisotopic (exact) mass is 352 g/mol. The number of nitrogens with zero attached hydrogens (tertiary/aromatic N) is 1. The Bertz CT molecular complexity index is 850. The highest BCUT2D eigenvalue weighted by Gasteiger charge is 2.36. The zero-order valence-electron chi connectivity index (χ0n) is 15.2. The molecule has 2 amide bonds.